The lowest BCUT2D eigenvalue weighted by molar-refractivity contribution is 0.103. The zero-order chi connectivity index (χ0) is 11.5. The summed E-state index contributed by atoms with van der Waals surface area (Å²) in [5, 5.41) is 0. The summed E-state index contributed by atoms with van der Waals surface area (Å²) in [4.78, 5) is 15.9. The largest absolute Gasteiger partial charge is 0.397 e. The van der Waals surface area contributed by atoms with Gasteiger partial charge >= 0.3 is 0 Å². The number of nitrogens with two attached hydrogens (primary N) is 1. The number of rotatable bonds is 2. The summed E-state index contributed by atoms with van der Waals surface area (Å²) in [6, 6.07) is 9.06. The van der Waals surface area contributed by atoms with Crippen LogP contribution in [0, 0.1) is 6.92 Å². The molecule has 0 bridgehead atoms. The summed E-state index contributed by atoms with van der Waals surface area (Å²) in [6.45, 7) is 1.98. The molecular weight excluding hydrogens is 200 g/mol. The molecule has 0 spiro atoms. The molecule has 0 unspecified atom stereocenters. The van der Waals surface area contributed by atoms with Crippen LogP contribution >= 0.6 is 0 Å². The van der Waals surface area contributed by atoms with Crippen molar-refractivity contribution >= 4 is 11.5 Å². The molecule has 3 nitrogen and oxygen atoms in total. The Morgan fingerprint density at radius 2 is 1.88 bits per heavy atom. The van der Waals surface area contributed by atoms with Gasteiger partial charge in [0.1, 0.15) is 0 Å². The number of carbonyl (C=O) groups is 1. The lowest BCUT2D eigenvalue weighted by Gasteiger charge is -2.04. The van der Waals surface area contributed by atoms with E-state index in [1.807, 2.05) is 19.1 Å². The molecule has 2 N–H and O–H groups in total. The molecule has 0 saturated carbocycles. The topological polar surface area (TPSA) is 56.0 Å². The van der Waals surface area contributed by atoms with E-state index in [0.717, 1.165) is 5.56 Å². The number of benzene rings is 1. The molecule has 0 fully saturated rings. The van der Waals surface area contributed by atoms with Crippen molar-refractivity contribution in [2.75, 3.05) is 5.73 Å². The number of aromatic nitrogens is 1. The highest BCUT2D eigenvalue weighted by atomic mass is 16.1. The summed E-state index contributed by atoms with van der Waals surface area (Å²) in [5.74, 6) is -0.0695. The third kappa shape index (κ3) is 1.93. The number of ketones is 1. The van der Waals surface area contributed by atoms with Gasteiger partial charge in [0.05, 0.1) is 11.9 Å². The fraction of sp³-hybridized carbons (Fsp3) is 0.0769. The van der Waals surface area contributed by atoms with E-state index in [-0.39, 0.29) is 5.78 Å². The number of anilines is 1. The van der Waals surface area contributed by atoms with E-state index in [1.54, 1.807) is 24.4 Å². The smallest absolute Gasteiger partial charge is 0.195 e. The Kier molecular flexibility index (Phi) is 2.68. The number of nitrogens with zero attached hydrogens (tertiary/aromatic N) is 1. The van der Waals surface area contributed by atoms with Gasteiger partial charge < -0.3 is 5.73 Å². The molecule has 1 heterocycles. The molecule has 1 aromatic heterocycles. The first kappa shape index (κ1) is 10.4. The summed E-state index contributed by atoms with van der Waals surface area (Å²) in [7, 11) is 0. The first-order valence-corrected chi connectivity index (χ1v) is 4.99. The van der Waals surface area contributed by atoms with E-state index >= 15 is 0 Å². The summed E-state index contributed by atoms with van der Waals surface area (Å²) >= 11 is 0. The number of nitrogen functional groups attached to an aromatic ring is 1. The van der Waals surface area contributed by atoms with Crippen LogP contribution in [0.3, 0.4) is 0 Å². The number of hydrogen-bond donors (Lipinski definition) is 1. The van der Waals surface area contributed by atoms with E-state index in [4.69, 9.17) is 5.73 Å². The maximum atomic E-state index is 12.1. The fourth-order valence-corrected chi connectivity index (χ4v) is 1.47. The molecule has 80 valence electrons. The molecule has 0 amide bonds. The Balaban J connectivity index is 2.40. The second kappa shape index (κ2) is 4.14. The molecule has 1 aromatic carbocycles. The van der Waals surface area contributed by atoms with E-state index in [1.165, 1.54) is 6.20 Å². The zero-order valence-electron chi connectivity index (χ0n) is 8.97. The van der Waals surface area contributed by atoms with Crippen molar-refractivity contribution in [1.29, 1.82) is 0 Å². The van der Waals surface area contributed by atoms with Crippen LogP contribution in [0.15, 0.2) is 42.7 Å². The average molecular weight is 212 g/mol. The van der Waals surface area contributed by atoms with Gasteiger partial charge in [0.15, 0.2) is 5.78 Å². The molecule has 0 atom stereocenters. The molecule has 0 saturated heterocycles. The van der Waals surface area contributed by atoms with Gasteiger partial charge in [-0.1, -0.05) is 29.8 Å². The first-order valence-electron chi connectivity index (χ1n) is 4.99. The van der Waals surface area contributed by atoms with E-state index in [2.05, 4.69) is 4.98 Å². The van der Waals surface area contributed by atoms with Crippen molar-refractivity contribution in [2.24, 2.45) is 0 Å². The van der Waals surface area contributed by atoms with Gasteiger partial charge in [-0.2, -0.15) is 0 Å². The van der Waals surface area contributed by atoms with E-state index in [0.29, 0.717) is 16.8 Å². The minimum atomic E-state index is -0.0695. The summed E-state index contributed by atoms with van der Waals surface area (Å²) in [5.41, 5.74) is 8.38. The predicted octanol–water partition coefficient (Wildman–Crippen LogP) is 2.20. The second-order valence-electron chi connectivity index (χ2n) is 3.66. The van der Waals surface area contributed by atoms with Gasteiger partial charge in [-0.15, -0.1) is 0 Å². The normalized spacial score (nSPS) is 10.1. The monoisotopic (exact) mass is 212 g/mol. The van der Waals surface area contributed by atoms with E-state index < -0.39 is 0 Å². The highest BCUT2D eigenvalue weighted by molar-refractivity contribution is 6.11. The van der Waals surface area contributed by atoms with Crippen LogP contribution < -0.4 is 5.73 Å². The van der Waals surface area contributed by atoms with E-state index in [9.17, 15) is 4.79 Å². The number of carbonyl (C=O) groups excluding carboxylic acids is 1. The van der Waals surface area contributed by atoms with Gasteiger partial charge in [0.2, 0.25) is 0 Å². The third-order valence-electron chi connectivity index (χ3n) is 2.41. The predicted molar refractivity (Wildman–Crippen MR) is 63.3 cm³/mol. The highest BCUT2D eigenvalue weighted by Crippen LogP contribution is 2.15. The van der Waals surface area contributed by atoms with Crippen molar-refractivity contribution in [3.05, 3.63) is 59.4 Å². The van der Waals surface area contributed by atoms with Crippen LogP contribution in [0.5, 0.6) is 0 Å². The minimum Gasteiger partial charge on any atom is -0.397 e. The van der Waals surface area contributed by atoms with Crippen LogP contribution in [-0.2, 0) is 0 Å². The maximum Gasteiger partial charge on any atom is 0.195 e. The van der Waals surface area contributed by atoms with Crippen molar-refractivity contribution < 1.29 is 4.79 Å². The number of aryl methyl sites for hydroxylation is 1. The van der Waals surface area contributed by atoms with Crippen molar-refractivity contribution in [1.82, 2.24) is 4.98 Å². The Morgan fingerprint density at radius 1 is 1.19 bits per heavy atom. The first-order chi connectivity index (χ1) is 7.68. The molecule has 2 aromatic rings. The number of pyridine rings is 1. The van der Waals surface area contributed by atoms with Crippen molar-refractivity contribution in [3.63, 3.8) is 0 Å². The molecule has 0 aliphatic carbocycles. The van der Waals surface area contributed by atoms with Crippen LogP contribution in [0.25, 0.3) is 0 Å². The molecule has 3 heteroatoms. The summed E-state index contributed by atoms with van der Waals surface area (Å²) in [6.07, 6.45) is 3.05. The Hall–Kier alpha value is -2.16. The van der Waals surface area contributed by atoms with Crippen LogP contribution in [0.2, 0.25) is 0 Å². The Labute approximate surface area is 93.9 Å². The standard InChI is InChI=1S/C13H12N2O/c1-9-2-4-10(5-3-9)13(16)11-6-7-15-8-12(11)14/h2-8H,14H2,1H3. The Morgan fingerprint density at radius 3 is 2.50 bits per heavy atom. The number of hydrogen-bond acceptors (Lipinski definition) is 3. The lowest BCUT2D eigenvalue weighted by atomic mass is 10.0. The van der Waals surface area contributed by atoms with Crippen LogP contribution in [0.1, 0.15) is 21.5 Å². The van der Waals surface area contributed by atoms with Gasteiger partial charge in [-0.25, -0.2) is 0 Å². The summed E-state index contributed by atoms with van der Waals surface area (Å²) < 4.78 is 0. The van der Waals surface area contributed by atoms with Crippen molar-refractivity contribution in [3.8, 4) is 0 Å². The minimum absolute atomic E-state index is 0.0695. The highest BCUT2D eigenvalue weighted by Gasteiger charge is 2.11. The maximum absolute atomic E-state index is 12.1. The average Bonchev–Trinajstić information content (AvgIpc) is 2.30. The zero-order valence-corrected chi connectivity index (χ0v) is 8.97. The quantitative estimate of drug-likeness (QED) is 0.776. The van der Waals surface area contributed by atoms with Gasteiger partial charge in [-0.05, 0) is 13.0 Å². The molecule has 0 radical (unpaired) electrons. The van der Waals surface area contributed by atoms with Gasteiger partial charge in [-0.3, -0.25) is 9.78 Å². The molecular formula is C13H12N2O. The fourth-order valence-electron chi connectivity index (χ4n) is 1.47. The molecule has 2 rings (SSSR count). The second-order valence-corrected chi connectivity index (χ2v) is 3.66. The van der Waals surface area contributed by atoms with Crippen LogP contribution in [-0.4, -0.2) is 10.8 Å². The van der Waals surface area contributed by atoms with Crippen LogP contribution in [0.4, 0.5) is 5.69 Å². The molecule has 0 aliphatic rings. The lowest BCUT2D eigenvalue weighted by Crippen LogP contribution is -2.05. The third-order valence-corrected chi connectivity index (χ3v) is 2.41. The SMILES string of the molecule is Cc1ccc(C(=O)c2ccncc2N)cc1. The molecule has 0 aliphatic heterocycles. The Bertz CT molecular complexity index is 518. The van der Waals surface area contributed by atoms with Gasteiger partial charge in [0.25, 0.3) is 0 Å². The van der Waals surface area contributed by atoms with Crippen molar-refractivity contribution in [2.45, 2.75) is 6.92 Å². The molecule has 16 heavy (non-hydrogen) atoms. The van der Waals surface area contributed by atoms with Gasteiger partial charge in [0, 0.05) is 17.3 Å².